The van der Waals surface area contributed by atoms with Crippen molar-refractivity contribution in [2.75, 3.05) is 20.8 Å². The summed E-state index contributed by atoms with van der Waals surface area (Å²) in [7, 11) is 3.24. The van der Waals surface area contributed by atoms with E-state index in [9.17, 15) is 9.90 Å². The summed E-state index contributed by atoms with van der Waals surface area (Å²) < 4.78 is 16.3. The van der Waals surface area contributed by atoms with Crippen molar-refractivity contribution in [3.8, 4) is 0 Å². The van der Waals surface area contributed by atoms with Crippen LogP contribution in [0.2, 0.25) is 0 Å². The summed E-state index contributed by atoms with van der Waals surface area (Å²) >= 11 is 0. The second-order valence-corrected chi connectivity index (χ2v) is 7.26. The van der Waals surface area contributed by atoms with E-state index in [1.807, 2.05) is 0 Å². The molecule has 2 saturated carbocycles. The van der Waals surface area contributed by atoms with Crippen LogP contribution in [0, 0.1) is 11.3 Å². The van der Waals surface area contributed by atoms with Crippen LogP contribution in [0.3, 0.4) is 0 Å². The van der Waals surface area contributed by atoms with Gasteiger partial charge in [0, 0.05) is 26.1 Å². The number of hydrogen-bond donors (Lipinski definition) is 1. The molecule has 0 saturated heterocycles. The summed E-state index contributed by atoms with van der Waals surface area (Å²) in [6.07, 6.45) is 2.40. The summed E-state index contributed by atoms with van der Waals surface area (Å²) in [5, 5.41) is 11.5. The zero-order valence-corrected chi connectivity index (χ0v) is 13.8. The Labute approximate surface area is 131 Å². The van der Waals surface area contributed by atoms with Gasteiger partial charge in [-0.05, 0) is 30.8 Å². The van der Waals surface area contributed by atoms with Gasteiger partial charge in [0.1, 0.15) is 11.7 Å². The zero-order chi connectivity index (χ0) is 16.1. The highest BCUT2D eigenvalue weighted by Crippen LogP contribution is 2.59. The fourth-order valence-corrected chi connectivity index (χ4v) is 4.71. The van der Waals surface area contributed by atoms with Gasteiger partial charge in [0.2, 0.25) is 0 Å². The lowest BCUT2D eigenvalue weighted by atomic mass is 9.51. The molecule has 5 nitrogen and oxygen atoms in total. The molecule has 5 heteroatoms. The molecule has 3 aliphatic rings. The maximum absolute atomic E-state index is 12.1. The standard InChI is InChI=1S/C17H26O5/c1-10-5-6-14(21-4)17(19)8-13-11(7-16(10,17)2)12(9-20-3)15(18)22-13/h10,13-14,19H,5-9H2,1-4H3/t10-,13+,14+,16+,17-/m0/s1. The van der Waals surface area contributed by atoms with Gasteiger partial charge in [-0.1, -0.05) is 13.8 Å². The predicted octanol–water partition coefficient (Wildman–Crippen LogP) is 1.83. The summed E-state index contributed by atoms with van der Waals surface area (Å²) in [4.78, 5) is 12.1. The summed E-state index contributed by atoms with van der Waals surface area (Å²) in [5.74, 6) is 0.0613. The molecule has 0 bridgehead atoms. The van der Waals surface area contributed by atoms with Crippen molar-refractivity contribution in [2.45, 2.75) is 57.3 Å². The normalized spacial score (nSPS) is 44.6. The number of rotatable bonds is 3. The summed E-state index contributed by atoms with van der Waals surface area (Å²) in [5.41, 5.74) is 0.381. The monoisotopic (exact) mass is 310 g/mol. The lowest BCUT2D eigenvalue weighted by molar-refractivity contribution is -0.228. The lowest BCUT2D eigenvalue weighted by Gasteiger charge is -2.59. The number of fused-ring (bicyclic) bond motifs is 2. The molecular formula is C17H26O5. The molecule has 0 aromatic rings. The van der Waals surface area contributed by atoms with Crippen molar-refractivity contribution in [1.29, 1.82) is 0 Å². The molecule has 0 amide bonds. The van der Waals surface area contributed by atoms with Crippen LogP contribution in [0.5, 0.6) is 0 Å². The van der Waals surface area contributed by atoms with Gasteiger partial charge < -0.3 is 19.3 Å². The SMILES string of the molecule is COCC1=C2C[C@]3(C)[C@@H](C)CC[C@@H](OC)[C@@]3(O)C[C@H]2OC1=O. The van der Waals surface area contributed by atoms with E-state index >= 15 is 0 Å². The van der Waals surface area contributed by atoms with Crippen LogP contribution >= 0.6 is 0 Å². The molecular weight excluding hydrogens is 284 g/mol. The van der Waals surface area contributed by atoms with E-state index in [4.69, 9.17) is 14.2 Å². The van der Waals surface area contributed by atoms with Gasteiger partial charge in [0.05, 0.1) is 18.3 Å². The highest BCUT2D eigenvalue weighted by atomic mass is 16.6. The van der Waals surface area contributed by atoms with Crippen molar-refractivity contribution in [1.82, 2.24) is 0 Å². The minimum Gasteiger partial charge on any atom is -0.454 e. The van der Waals surface area contributed by atoms with Crippen LogP contribution in [-0.2, 0) is 19.0 Å². The number of methoxy groups -OCH3 is 2. The van der Waals surface area contributed by atoms with Gasteiger partial charge in [-0.25, -0.2) is 4.79 Å². The number of esters is 1. The first kappa shape index (κ1) is 16.0. The maximum Gasteiger partial charge on any atom is 0.337 e. The van der Waals surface area contributed by atoms with E-state index in [2.05, 4.69) is 13.8 Å². The topological polar surface area (TPSA) is 65.0 Å². The van der Waals surface area contributed by atoms with Crippen LogP contribution in [-0.4, -0.2) is 49.7 Å². The minimum atomic E-state index is -0.962. The maximum atomic E-state index is 12.1. The molecule has 0 aromatic heterocycles. The van der Waals surface area contributed by atoms with E-state index < -0.39 is 5.60 Å². The fraction of sp³-hybridized carbons (Fsp3) is 0.824. The van der Waals surface area contributed by atoms with Crippen molar-refractivity contribution in [2.24, 2.45) is 11.3 Å². The average molecular weight is 310 g/mol. The number of hydrogen-bond acceptors (Lipinski definition) is 5. The van der Waals surface area contributed by atoms with Crippen LogP contribution < -0.4 is 0 Å². The summed E-state index contributed by atoms with van der Waals surface area (Å²) in [6.45, 7) is 4.59. The second kappa shape index (κ2) is 5.32. The van der Waals surface area contributed by atoms with Gasteiger partial charge >= 0.3 is 5.97 Å². The highest BCUT2D eigenvalue weighted by molar-refractivity contribution is 5.92. The molecule has 0 aromatic carbocycles. The van der Waals surface area contributed by atoms with Crippen LogP contribution in [0.4, 0.5) is 0 Å². The Kier molecular flexibility index (Phi) is 3.86. The molecule has 0 radical (unpaired) electrons. The van der Waals surface area contributed by atoms with Crippen molar-refractivity contribution in [3.63, 3.8) is 0 Å². The molecule has 124 valence electrons. The minimum absolute atomic E-state index is 0.208. The fourth-order valence-electron chi connectivity index (χ4n) is 4.71. The molecule has 3 rings (SSSR count). The Morgan fingerprint density at radius 1 is 1.36 bits per heavy atom. The molecule has 0 spiro atoms. The Morgan fingerprint density at radius 2 is 2.09 bits per heavy atom. The smallest absolute Gasteiger partial charge is 0.337 e. The third kappa shape index (κ3) is 1.99. The first-order valence-electron chi connectivity index (χ1n) is 8.04. The van der Waals surface area contributed by atoms with Gasteiger partial charge in [0.25, 0.3) is 0 Å². The lowest BCUT2D eigenvalue weighted by Crippen LogP contribution is -2.65. The second-order valence-electron chi connectivity index (χ2n) is 7.26. The van der Waals surface area contributed by atoms with E-state index in [1.165, 1.54) is 0 Å². The first-order valence-corrected chi connectivity index (χ1v) is 8.04. The van der Waals surface area contributed by atoms with Gasteiger partial charge in [-0.15, -0.1) is 0 Å². The molecule has 2 aliphatic carbocycles. The van der Waals surface area contributed by atoms with Crippen LogP contribution in [0.1, 0.15) is 39.5 Å². The Morgan fingerprint density at radius 3 is 2.73 bits per heavy atom. The quantitative estimate of drug-likeness (QED) is 0.806. The molecule has 0 unspecified atom stereocenters. The number of aliphatic hydroxyl groups is 1. The highest BCUT2D eigenvalue weighted by Gasteiger charge is 2.63. The predicted molar refractivity (Wildman–Crippen MR) is 80.3 cm³/mol. The Bertz CT molecular complexity index is 513. The van der Waals surface area contributed by atoms with Crippen molar-refractivity contribution >= 4 is 5.97 Å². The first-order chi connectivity index (χ1) is 10.4. The van der Waals surface area contributed by atoms with Gasteiger partial charge in [0.15, 0.2) is 0 Å². The van der Waals surface area contributed by atoms with Crippen molar-refractivity contribution < 1.29 is 24.1 Å². The van der Waals surface area contributed by atoms with E-state index in [0.29, 0.717) is 24.3 Å². The molecule has 1 N–H and O–H groups in total. The number of carbonyl (C=O) groups is 1. The molecule has 1 aliphatic heterocycles. The molecule has 2 fully saturated rings. The van der Waals surface area contributed by atoms with E-state index in [-0.39, 0.29) is 30.2 Å². The van der Waals surface area contributed by atoms with Gasteiger partial charge in [-0.3, -0.25) is 0 Å². The van der Waals surface area contributed by atoms with Crippen LogP contribution in [0.25, 0.3) is 0 Å². The van der Waals surface area contributed by atoms with Crippen LogP contribution in [0.15, 0.2) is 11.1 Å². The van der Waals surface area contributed by atoms with Crippen molar-refractivity contribution in [3.05, 3.63) is 11.1 Å². The Hall–Kier alpha value is -0.910. The number of ether oxygens (including phenoxy) is 3. The third-order valence-corrected chi connectivity index (χ3v) is 6.37. The Balaban J connectivity index is 2.03. The van der Waals surface area contributed by atoms with E-state index in [0.717, 1.165) is 18.4 Å². The number of carbonyl (C=O) groups excluding carboxylic acids is 1. The molecule has 1 heterocycles. The van der Waals surface area contributed by atoms with Gasteiger partial charge in [-0.2, -0.15) is 0 Å². The third-order valence-electron chi connectivity index (χ3n) is 6.37. The average Bonchev–Trinajstić information content (AvgIpc) is 2.74. The zero-order valence-electron chi connectivity index (χ0n) is 13.8. The molecule has 5 atom stereocenters. The molecule has 22 heavy (non-hydrogen) atoms. The summed E-state index contributed by atoms with van der Waals surface area (Å²) in [6, 6.07) is 0. The van der Waals surface area contributed by atoms with E-state index in [1.54, 1.807) is 14.2 Å². The largest absolute Gasteiger partial charge is 0.454 e.